The molecule has 0 radical (unpaired) electrons. The summed E-state index contributed by atoms with van der Waals surface area (Å²) in [7, 11) is 0. The molecule has 1 atom stereocenters. The molecule has 1 fully saturated rings. The number of carboxylic acid groups (broad SMARTS) is 1. The number of fused-ring (bicyclic) bond motifs is 1. The van der Waals surface area contributed by atoms with Gasteiger partial charge in [-0.3, -0.25) is 19.4 Å². The second-order valence-electron chi connectivity index (χ2n) is 11.8. The van der Waals surface area contributed by atoms with Gasteiger partial charge in [-0.15, -0.1) is 0 Å². The Morgan fingerprint density at radius 3 is 2.58 bits per heavy atom. The number of aromatic nitrogens is 2. The predicted molar refractivity (Wildman–Crippen MR) is 171 cm³/mol. The zero-order valence-corrected chi connectivity index (χ0v) is 25.2. The van der Waals surface area contributed by atoms with E-state index in [0.29, 0.717) is 48.1 Å². The normalized spacial score (nSPS) is 15.0. The molecule has 2 aromatic heterocycles. The first-order valence-corrected chi connectivity index (χ1v) is 15.6. The maximum Gasteiger partial charge on any atom is 0.314 e. The molecule has 2 aromatic carbocycles. The van der Waals surface area contributed by atoms with Gasteiger partial charge in [0.2, 0.25) is 5.56 Å². The predicted octanol–water partition coefficient (Wildman–Crippen LogP) is 4.49. The zero-order chi connectivity index (χ0) is 31.8. The average molecular weight is 613 g/mol. The number of nitrogens with one attached hydrogen (secondary N) is 3. The van der Waals surface area contributed by atoms with Crippen molar-refractivity contribution in [2.45, 2.75) is 69.4 Å². The topological polar surface area (TPSA) is 165 Å². The summed E-state index contributed by atoms with van der Waals surface area (Å²) < 4.78 is 0. The highest BCUT2D eigenvalue weighted by Crippen LogP contribution is 2.40. The third kappa shape index (κ3) is 7.58. The number of amides is 1. The number of aryl methyl sites for hydroxylation is 1. The number of H-pyrrole nitrogens is 1. The minimum Gasteiger partial charge on any atom is -0.506 e. The number of rotatable bonds is 13. The van der Waals surface area contributed by atoms with E-state index in [4.69, 9.17) is 0 Å². The molecular formula is C35H40N4O6. The van der Waals surface area contributed by atoms with Gasteiger partial charge in [0.1, 0.15) is 5.75 Å². The van der Waals surface area contributed by atoms with Crippen molar-refractivity contribution in [3.8, 4) is 5.75 Å². The van der Waals surface area contributed by atoms with Crippen molar-refractivity contribution in [1.29, 1.82) is 0 Å². The molecule has 10 heteroatoms. The van der Waals surface area contributed by atoms with Crippen molar-refractivity contribution in [1.82, 2.24) is 20.6 Å². The lowest BCUT2D eigenvalue weighted by atomic mass is 9.69. The number of pyridine rings is 2. The van der Waals surface area contributed by atoms with Gasteiger partial charge in [0.05, 0.1) is 28.3 Å². The molecule has 4 aromatic rings. The Labute approximate surface area is 261 Å². The van der Waals surface area contributed by atoms with Gasteiger partial charge in [-0.1, -0.05) is 49.6 Å². The fraction of sp³-hybridized carbons (Fsp3) is 0.371. The Hall–Kier alpha value is -4.54. The Kier molecular flexibility index (Phi) is 10.3. The molecule has 236 valence electrons. The number of hydrogen-bond donors (Lipinski definition) is 6. The summed E-state index contributed by atoms with van der Waals surface area (Å²) in [5.41, 5.74) is 2.95. The molecule has 2 heterocycles. The molecule has 6 N–H and O–H groups in total. The van der Waals surface area contributed by atoms with Crippen LogP contribution in [0.15, 0.2) is 71.7 Å². The molecule has 0 spiro atoms. The average Bonchev–Trinajstić information content (AvgIpc) is 3.05. The summed E-state index contributed by atoms with van der Waals surface area (Å²) in [5.74, 6) is -0.982. The van der Waals surface area contributed by atoms with E-state index in [0.717, 1.165) is 49.7 Å². The maximum atomic E-state index is 12.6. The number of aromatic hydroxyl groups is 1. The number of aliphatic carboxylic acids is 1. The molecule has 10 nitrogen and oxygen atoms in total. The highest BCUT2D eigenvalue weighted by atomic mass is 16.4. The van der Waals surface area contributed by atoms with Gasteiger partial charge in [0.15, 0.2) is 0 Å². The number of aliphatic hydroxyl groups is 1. The molecule has 45 heavy (non-hydrogen) atoms. The van der Waals surface area contributed by atoms with Crippen LogP contribution >= 0.6 is 0 Å². The molecular weight excluding hydrogens is 572 g/mol. The molecule has 0 saturated heterocycles. The van der Waals surface area contributed by atoms with Gasteiger partial charge in [-0.2, -0.15) is 0 Å². The molecule has 0 aliphatic heterocycles. The number of carboxylic acids is 1. The lowest BCUT2D eigenvalue weighted by molar-refractivity contribution is -0.145. The largest absolute Gasteiger partial charge is 0.506 e. The SMILES string of the molecule is O=C(NCCCCc1cccc(C2(C(=O)O)CCCCC2)c1)c1ccc(CNC[C@H](O)c2ccc(O)c3[nH]c(=O)ccc23)nc1. The van der Waals surface area contributed by atoms with Gasteiger partial charge < -0.3 is 30.9 Å². The molecule has 1 aliphatic carbocycles. The smallest absolute Gasteiger partial charge is 0.314 e. The number of carbonyl (C=O) groups excluding carboxylic acids is 1. The molecule has 0 unspecified atom stereocenters. The summed E-state index contributed by atoms with van der Waals surface area (Å²) in [5, 5.41) is 37.4. The van der Waals surface area contributed by atoms with Crippen molar-refractivity contribution in [3.05, 3.63) is 105 Å². The van der Waals surface area contributed by atoms with E-state index < -0.39 is 17.5 Å². The minimum absolute atomic E-state index is 0.0627. The van der Waals surface area contributed by atoms with Crippen LogP contribution in [0.5, 0.6) is 5.75 Å². The Morgan fingerprint density at radius 1 is 1.00 bits per heavy atom. The van der Waals surface area contributed by atoms with Crippen LogP contribution in [-0.4, -0.2) is 50.3 Å². The maximum absolute atomic E-state index is 12.6. The van der Waals surface area contributed by atoms with Crippen LogP contribution in [0.1, 0.15) is 83.8 Å². The van der Waals surface area contributed by atoms with Crippen LogP contribution in [0.4, 0.5) is 0 Å². The Balaban J connectivity index is 1.04. The van der Waals surface area contributed by atoms with Gasteiger partial charge in [-0.05, 0) is 73.1 Å². The number of carbonyl (C=O) groups is 2. The van der Waals surface area contributed by atoms with Crippen molar-refractivity contribution >= 4 is 22.8 Å². The fourth-order valence-electron chi connectivity index (χ4n) is 6.22. The van der Waals surface area contributed by atoms with Gasteiger partial charge in [0, 0.05) is 37.3 Å². The highest BCUT2D eigenvalue weighted by molar-refractivity contribution is 5.93. The van der Waals surface area contributed by atoms with E-state index >= 15 is 0 Å². The second kappa shape index (κ2) is 14.5. The van der Waals surface area contributed by atoms with Gasteiger partial charge in [-0.25, -0.2) is 0 Å². The van der Waals surface area contributed by atoms with Crippen LogP contribution in [0.25, 0.3) is 10.9 Å². The number of aromatic amines is 1. The minimum atomic E-state index is -0.883. The number of phenolic OH excluding ortho intramolecular Hbond substituents is 1. The number of hydrogen-bond acceptors (Lipinski definition) is 7. The summed E-state index contributed by atoms with van der Waals surface area (Å²) in [6, 6.07) is 17.5. The number of nitrogens with zero attached hydrogens (tertiary/aromatic N) is 1. The first kappa shape index (κ1) is 31.9. The lowest BCUT2D eigenvalue weighted by Gasteiger charge is -2.34. The number of aliphatic hydroxyl groups excluding tert-OH is 1. The van der Waals surface area contributed by atoms with E-state index in [2.05, 4.69) is 26.7 Å². The lowest BCUT2D eigenvalue weighted by Crippen LogP contribution is -2.37. The Bertz CT molecular complexity index is 1690. The molecule has 0 bridgehead atoms. The monoisotopic (exact) mass is 612 g/mol. The zero-order valence-electron chi connectivity index (χ0n) is 25.2. The van der Waals surface area contributed by atoms with E-state index in [1.165, 1.54) is 18.3 Å². The van der Waals surface area contributed by atoms with E-state index in [9.17, 15) is 29.7 Å². The van der Waals surface area contributed by atoms with Crippen molar-refractivity contribution in [3.63, 3.8) is 0 Å². The summed E-state index contributed by atoms with van der Waals surface area (Å²) in [4.78, 5) is 43.4. The quantitative estimate of drug-likeness (QED) is 0.120. The molecule has 5 rings (SSSR count). The van der Waals surface area contributed by atoms with E-state index in [1.54, 1.807) is 24.3 Å². The van der Waals surface area contributed by atoms with E-state index in [1.807, 2.05) is 18.2 Å². The first-order chi connectivity index (χ1) is 21.8. The van der Waals surface area contributed by atoms with Crippen LogP contribution in [0, 0.1) is 0 Å². The number of phenols is 1. The van der Waals surface area contributed by atoms with Crippen LogP contribution in [-0.2, 0) is 23.2 Å². The van der Waals surface area contributed by atoms with Crippen molar-refractivity contribution in [2.24, 2.45) is 0 Å². The second-order valence-corrected chi connectivity index (χ2v) is 11.8. The van der Waals surface area contributed by atoms with E-state index in [-0.39, 0.29) is 29.3 Å². The first-order valence-electron chi connectivity index (χ1n) is 15.6. The Morgan fingerprint density at radius 2 is 1.82 bits per heavy atom. The molecule has 1 aliphatic rings. The third-order valence-corrected chi connectivity index (χ3v) is 8.77. The summed E-state index contributed by atoms with van der Waals surface area (Å²) >= 11 is 0. The standard InChI is InChI=1S/C35H40N4O6/c40-29-14-12-27(28-13-15-31(42)39-32(28)29)30(41)22-36-21-26-11-10-24(20-38-26)33(43)37-18-5-2-7-23-8-6-9-25(19-23)35(34(44)45)16-3-1-4-17-35/h6,8-15,19-20,30,36,40-41H,1-5,7,16-18,21-22H2,(H,37,43)(H,39,42)(H,44,45)/t30-/m0/s1. The third-order valence-electron chi connectivity index (χ3n) is 8.77. The number of benzene rings is 2. The molecule has 1 saturated carbocycles. The summed E-state index contributed by atoms with van der Waals surface area (Å²) in [6.45, 7) is 1.12. The van der Waals surface area contributed by atoms with Crippen molar-refractivity contribution in [2.75, 3.05) is 13.1 Å². The summed E-state index contributed by atoms with van der Waals surface area (Å²) in [6.07, 6.45) is 7.50. The highest BCUT2D eigenvalue weighted by Gasteiger charge is 2.41. The van der Waals surface area contributed by atoms with Crippen LogP contribution in [0.3, 0.4) is 0 Å². The van der Waals surface area contributed by atoms with Crippen molar-refractivity contribution < 1.29 is 24.9 Å². The van der Waals surface area contributed by atoms with Gasteiger partial charge in [0.25, 0.3) is 5.91 Å². The number of unbranched alkanes of at least 4 members (excludes halogenated alkanes) is 1. The fourth-order valence-corrected chi connectivity index (χ4v) is 6.22. The van der Waals surface area contributed by atoms with Crippen LogP contribution < -0.4 is 16.2 Å². The molecule has 1 amide bonds. The van der Waals surface area contributed by atoms with Crippen LogP contribution in [0.2, 0.25) is 0 Å². The van der Waals surface area contributed by atoms with Gasteiger partial charge >= 0.3 is 5.97 Å².